The van der Waals surface area contributed by atoms with E-state index in [0.717, 1.165) is 45.3 Å². The minimum Gasteiger partial charge on any atom is -0.381 e. The number of carbonyl (C=O) groups excluding carboxylic acids is 2. The van der Waals surface area contributed by atoms with Crippen LogP contribution < -0.4 is 0 Å². The molecule has 0 radical (unpaired) electrons. The molecule has 1 spiro atoms. The minimum absolute atomic E-state index is 0.184. The Morgan fingerprint density at radius 1 is 1.22 bits per heavy atom. The van der Waals surface area contributed by atoms with Gasteiger partial charge in [0.05, 0.1) is 6.10 Å². The van der Waals surface area contributed by atoms with Crippen molar-refractivity contribution in [3.8, 4) is 0 Å². The fraction of sp³-hybridized carbons (Fsp3) is 0.889. The van der Waals surface area contributed by atoms with Crippen LogP contribution in [0.1, 0.15) is 57.8 Å². The number of rotatable bonds is 4. The van der Waals surface area contributed by atoms with Gasteiger partial charge < -0.3 is 14.5 Å². The van der Waals surface area contributed by atoms with E-state index in [1.54, 1.807) is 7.11 Å². The van der Waals surface area contributed by atoms with Gasteiger partial charge in [-0.3, -0.25) is 9.59 Å². The van der Waals surface area contributed by atoms with E-state index >= 15 is 0 Å². The van der Waals surface area contributed by atoms with E-state index in [1.165, 1.54) is 19.3 Å². The molecule has 2 heterocycles. The topological polar surface area (TPSA) is 49.9 Å². The zero-order chi connectivity index (χ0) is 16.3. The number of likely N-dealkylation sites (tertiary alicyclic amines) is 2. The molecule has 5 nitrogen and oxygen atoms in total. The maximum Gasteiger partial charge on any atom is 0.224 e. The third-order valence-electron chi connectivity index (χ3n) is 6.09. The first-order valence-corrected chi connectivity index (χ1v) is 9.23. The van der Waals surface area contributed by atoms with Crippen LogP contribution in [0, 0.1) is 5.41 Å². The molecule has 1 aliphatic carbocycles. The quantitative estimate of drug-likeness (QED) is 0.797. The summed E-state index contributed by atoms with van der Waals surface area (Å²) in [7, 11) is 1.81. The maximum atomic E-state index is 12.6. The van der Waals surface area contributed by atoms with Gasteiger partial charge in [0.15, 0.2) is 0 Å². The van der Waals surface area contributed by atoms with E-state index in [2.05, 4.69) is 0 Å². The number of hydrogen-bond donors (Lipinski definition) is 0. The Balaban J connectivity index is 1.54. The standard InChI is InChI=1S/C18H30N2O3/c1-23-15-6-4-9-18(15)10-5-12-20(14-18)17(22)8-13-19-11-3-2-7-16(19)21/h15H,2-14H2,1H3/t15-,18-/m1/s1. The summed E-state index contributed by atoms with van der Waals surface area (Å²) in [5.74, 6) is 0.429. The molecule has 2 saturated heterocycles. The highest BCUT2D eigenvalue weighted by molar-refractivity contribution is 5.79. The smallest absolute Gasteiger partial charge is 0.224 e. The number of hydrogen-bond acceptors (Lipinski definition) is 3. The molecule has 0 bridgehead atoms. The van der Waals surface area contributed by atoms with E-state index in [4.69, 9.17) is 4.74 Å². The van der Waals surface area contributed by atoms with Gasteiger partial charge in [-0.1, -0.05) is 6.42 Å². The average molecular weight is 322 g/mol. The lowest BCUT2D eigenvalue weighted by molar-refractivity contribution is -0.139. The van der Waals surface area contributed by atoms with Crippen LogP contribution >= 0.6 is 0 Å². The van der Waals surface area contributed by atoms with Gasteiger partial charge in [0.25, 0.3) is 0 Å². The molecule has 3 aliphatic rings. The summed E-state index contributed by atoms with van der Waals surface area (Å²) in [5.41, 5.74) is 0.184. The van der Waals surface area contributed by atoms with Crippen LogP contribution in [-0.4, -0.2) is 61.0 Å². The van der Waals surface area contributed by atoms with Crippen LogP contribution in [0.25, 0.3) is 0 Å². The Morgan fingerprint density at radius 2 is 2.04 bits per heavy atom. The van der Waals surface area contributed by atoms with Crippen molar-refractivity contribution in [1.29, 1.82) is 0 Å². The monoisotopic (exact) mass is 322 g/mol. The van der Waals surface area contributed by atoms with Crippen molar-refractivity contribution in [2.75, 3.05) is 33.3 Å². The highest BCUT2D eigenvalue weighted by Gasteiger charge is 2.46. The Morgan fingerprint density at radius 3 is 2.83 bits per heavy atom. The van der Waals surface area contributed by atoms with Crippen LogP contribution in [0.4, 0.5) is 0 Å². The molecule has 3 fully saturated rings. The summed E-state index contributed by atoms with van der Waals surface area (Å²) in [5, 5.41) is 0. The van der Waals surface area contributed by atoms with E-state index < -0.39 is 0 Å². The Hall–Kier alpha value is -1.10. The molecule has 0 N–H and O–H groups in total. The predicted molar refractivity (Wildman–Crippen MR) is 87.9 cm³/mol. The maximum absolute atomic E-state index is 12.6. The molecule has 3 rings (SSSR count). The molecule has 2 aliphatic heterocycles. The van der Waals surface area contributed by atoms with Gasteiger partial charge in [-0.05, 0) is 38.5 Å². The van der Waals surface area contributed by atoms with Crippen molar-refractivity contribution >= 4 is 11.8 Å². The summed E-state index contributed by atoms with van der Waals surface area (Å²) in [6.07, 6.45) is 9.27. The van der Waals surface area contributed by atoms with Gasteiger partial charge in [0, 0.05) is 51.5 Å². The molecule has 0 unspecified atom stereocenters. The largest absolute Gasteiger partial charge is 0.381 e. The van der Waals surface area contributed by atoms with Crippen LogP contribution in [0.2, 0.25) is 0 Å². The number of nitrogens with zero attached hydrogens (tertiary/aromatic N) is 2. The first-order chi connectivity index (χ1) is 11.1. The highest BCUT2D eigenvalue weighted by Crippen LogP contribution is 2.46. The fourth-order valence-corrected chi connectivity index (χ4v) is 4.80. The zero-order valence-corrected chi connectivity index (χ0v) is 14.4. The van der Waals surface area contributed by atoms with Gasteiger partial charge in [-0.2, -0.15) is 0 Å². The molecule has 2 amide bonds. The molecule has 0 aromatic carbocycles. The molecule has 5 heteroatoms. The summed E-state index contributed by atoms with van der Waals surface area (Å²) in [4.78, 5) is 28.4. The molecule has 0 aromatic heterocycles. The summed E-state index contributed by atoms with van der Waals surface area (Å²) in [6.45, 7) is 3.12. The Bertz CT molecular complexity index is 454. The lowest BCUT2D eigenvalue weighted by Crippen LogP contribution is -2.50. The van der Waals surface area contributed by atoms with E-state index in [0.29, 0.717) is 25.5 Å². The van der Waals surface area contributed by atoms with Crippen LogP contribution in [0.3, 0.4) is 0 Å². The van der Waals surface area contributed by atoms with Crippen LogP contribution in [-0.2, 0) is 14.3 Å². The second-order valence-corrected chi connectivity index (χ2v) is 7.49. The molecule has 23 heavy (non-hydrogen) atoms. The molecule has 1 saturated carbocycles. The molecule has 130 valence electrons. The van der Waals surface area contributed by atoms with Crippen molar-refractivity contribution in [2.45, 2.75) is 63.9 Å². The third-order valence-corrected chi connectivity index (χ3v) is 6.09. The van der Waals surface area contributed by atoms with Crippen LogP contribution in [0.15, 0.2) is 0 Å². The van der Waals surface area contributed by atoms with E-state index in [9.17, 15) is 9.59 Å². The van der Waals surface area contributed by atoms with Crippen molar-refractivity contribution in [1.82, 2.24) is 9.80 Å². The minimum atomic E-state index is 0.184. The van der Waals surface area contributed by atoms with E-state index in [1.807, 2.05) is 9.80 Å². The molecule has 2 atom stereocenters. The number of ether oxygens (including phenoxy) is 1. The third kappa shape index (κ3) is 3.54. The number of carbonyl (C=O) groups is 2. The Labute approximate surface area is 139 Å². The Kier molecular flexibility index (Phi) is 5.24. The summed E-state index contributed by atoms with van der Waals surface area (Å²) in [6, 6.07) is 0. The van der Waals surface area contributed by atoms with Crippen molar-refractivity contribution in [3.63, 3.8) is 0 Å². The summed E-state index contributed by atoms with van der Waals surface area (Å²) >= 11 is 0. The second kappa shape index (κ2) is 7.20. The van der Waals surface area contributed by atoms with Gasteiger partial charge >= 0.3 is 0 Å². The average Bonchev–Trinajstić information content (AvgIpc) is 2.95. The SMILES string of the molecule is CO[C@@H]1CCC[C@]12CCCN(C(=O)CCN1CCCCC1=O)C2. The molecular formula is C18H30N2O3. The van der Waals surface area contributed by atoms with Gasteiger partial charge in [0.1, 0.15) is 0 Å². The fourth-order valence-electron chi connectivity index (χ4n) is 4.80. The molecule has 0 aromatic rings. The van der Waals surface area contributed by atoms with Gasteiger partial charge in [-0.25, -0.2) is 0 Å². The van der Waals surface area contributed by atoms with Crippen molar-refractivity contribution in [3.05, 3.63) is 0 Å². The molecular weight excluding hydrogens is 292 g/mol. The normalized spacial score (nSPS) is 31.9. The predicted octanol–water partition coefficient (Wildman–Crippen LogP) is 2.20. The first kappa shape index (κ1) is 16.7. The highest BCUT2D eigenvalue weighted by atomic mass is 16.5. The van der Waals surface area contributed by atoms with E-state index in [-0.39, 0.29) is 17.2 Å². The first-order valence-electron chi connectivity index (χ1n) is 9.23. The summed E-state index contributed by atoms with van der Waals surface area (Å²) < 4.78 is 5.71. The zero-order valence-electron chi connectivity index (χ0n) is 14.4. The number of piperidine rings is 2. The second-order valence-electron chi connectivity index (χ2n) is 7.49. The van der Waals surface area contributed by atoms with Crippen molar-refractivity contribution < 1.29 is 14.3 Å². The lowest BCUT2D eigenvalue weighted by atomic mass is 9.76. The lowest BCUT2D eigenvalue weighted by Gasteiger charge is -2.44. The number of methoxy groups -OCH3 is 1. The number of amides is 2. The van der Waals surface area contributed by atoms with Gasteiger partial charge in [0.2, 0.25) is 11.8 Å². The van der Waals surface area contributed by atoms with Crippen molar-refractivity contribution in [2.24, 2.45) is 5.41 Å². The van der Waals surface area contributed by atoms with Crippen LogP contribution in [0.5, 0.6) is 0 Å². The van der Waals surface area contributed by atoms with Gasteiger partial charge in [-0.15, -0.1) is 0 Å².